The normalized spacial score (nSPS) is 15.8. The van der Waals surface area contributed by atoms with E-state index in [1.165, 1.54) is 4.90 Å². The van der Waals surface area contributed by atoms with Crippen LogP contribution in [-0.4, -0.2) is 38.1 Å². The van der Waals surface area contributed by atoms with Gasteiger partial charge >= 0.3 is 6.09 Å². The third kappa shape index (κ3) is 4.81. The Labute approximate surface area is 184 Å². The van der Waals surface area contributed by atoms with Crippen molar-refractivity contribution in [2.24, 2.45) is 5.92 Å². The smallest absolute Gasteiger partial charge is 0.413 e. The summed E-state index contributed by atoms with van der Waals surface area (Å²) in [6.07, 6.45) is -0.271. The number of hydrogen-bond donors (Lipinski definition) is 1. The molecule has 30 heavy (non-hydrogen) atoms. The van der Waals surface area contributed by atoms with Gasteiger partial charge in [-0.1, -0.05) is 15.9 Å². The molecule has 0 bridgehead atoms. The third-order valence-electron chi connectivity index (χ3n) is 5.01. The average molecular weight is 474 g/mol. The first-order valence-electron chi connectivity index (χ1n) is 9.68. The predicted molar refractivity (Wildman–Crippen MR) is 120 cm³/mol. The average Bonchev–Trinajstić information content (AvgIpc) is 3.12. The van der Waals surface area contributed by atoms with Gasteiger partial charge in [0.15, 0.2) is 0 Å². The van der Waals surface area contributed by atoms with E-state index in [4.69, 9.17) is 4.74 Å². The number of carbonyl (C=O) groups is 3. The largest absolute Gasteiger partial charge is 0.449 e. The standard InChI is InChI=1S/C22H24BrN3O4/c1-4-30-22(29)25(3)17-7-5-16(6-8-17)24-21(28)15-12-20(27)26(13-15)18-9-10-19(23)14(2)11-18/h5-11,15H,4,12-13H2,1-3H3,(H,24,28). The summed E-state index contributed by atoms with van der Waals surface area (Å²) in [5, 5.41) is 2.86. The molecule has 8 heteroatoms. The lowest BCUT2D eigenvalue weighted by Gasteiger charge is -2.18. The van der Waals surface area contributed by atoms with Gasteiger partial charge in [-0.25, -0.2) is 4.79 Å². The van der Waals surface area contributed by atoms with E-state index in [1.807, 2.05) is 25.1 Å². The number of rotatable bonds is 5. The number of carbonyl (C=O) groups excluding carboxylic acids is 3. The van der Waals surface area contributed by atoms with Gasteiger partial charge in [0.1, 0.15) is 0 Å². The van der Waals surface area contributed by atoms with E-state index >= 15 is 0 Å². The summed E-state index contributed by atoms with van der Waals surface area (Å²) in [5.41, 5.74) is 3.08. The molecule has 2 aromatic carbocycles. The van der Waals surface area contributed by atoms with Gasteiger partial charge < -0.3 is 15.0 Å². The van der Waals surface area contributed by atoms with Gasteiger partial charge in [0.2, 0.25) is 11.8 Å². The van der Waals surface area contributed by atoms with E-state index < -0.39 is 12.0 Å². The van der Waals surface area contributed by atoms with E-state index in [2.05, 4.69) is 21.2 Å². The van der Waals surface area contributed by atoms with E-state index in [0.29, 0.717) is 24.5 Å². The molecule has 1 aliphatic heterocycles. The van der Waals surface area contributed by atoms with E-state index in [1.54, 1.807) is 43.1 Å². The Kier molecular flexibility index (Phi) is 6.77. The predicted octanol–water partition coefficient (Wildman–Crippen LogP) is 4.34. The summed E-state index contributed by atoms with van der Waals surface area (Å²) in [4.78, 5) is 40.0. The first-order chi connectivity index (χ1) is 14.3. The second kappa shape index (κ2) is 9.30. The highest BCUT2D eigenvalue weighted by Gasteiger charge is 2.35. The lowest BCUT2D eigenvalue weighted by molar-refractivity contribution is -0.122. The van der Waals surface area contributed by atoms with Gasteiger partial charge in [0.25, 0.3) is 0 Å². The topological polar surface area (TPSA) is 79.0 Å². The molecule has 1 atom stereocenters. The maximum atomic E-state index is 12.7. The number of aryl methyl sites for hydroxylation is 1. The third-order valence-corrected chi connectivity index (χ3v) is 5.90. The van der Waals surface area contributed by atoms with Crippen molar-refractivity contribution in [3.63, 3.8) is 0 Å². The number of amides is 3. The van der Waals surface area contributed by atoms with Gasteiger partial charge in [-0.2, -0.15) is 0 Å². The Balaban J connectivity index is 1.63. The van der Waals surface area contributed by atoms with Crippen molar-refractivity contribution in [2.45, 2.75) is 20.3 Å². The number of anilines is 3. The lowest BCUT2D eigenvalue weighted by Crippen LogP contribution is -2.28. The van der Waals surface area contributed by atoms with Crippen LogP contribution in [0.3, 0.4) is 0 Å². The highest BCUT2D eigenvalue weighted by atomic mass is 79.9. The molecule has 0 saturated carbocycles. The van der Waals surface area contributed by atoms with Crippen LogP contribution < -0.4 is 15.1 Å². The lowest BCUT2D eigenvalue weighted by atomic mass is 10.1. The monoisotopic (exact) mass is 473 g/mol. The summed E-state index contributed by atoms with van der Waals surface area (Å²) < 4.78 is 5.95. The first kappa shape index (κ1) is 21.8. The minimum absolute atomic E-state index is 0.0664. The summed E-state index contributed by atoms with van der Waals surface area (Å²) in [6.45, 7) is 4.35. The van der Waals surface area contributed by atoms with Crippen LogP contribution in [0.25, 0.3) is 0 Å². The molecule has 2 aromatic rings. The molecule has 158 valence electrons. The van der Waals surface area contributed by atoms with Crippen molar-refractivity contribution >= 4 is 50.9 Å². The van der Waals surface area contributed by atoms with Crippen molar-refractivity contribution in [3.8, 4) is 0 Å². The fraction of sp³-hybridized carbons (Fsp3) is 0.318. The van der Waals surface area contributed by atoms with Crippen LogP contribution >= 0.6 is 15.9 Å². The molecule has 3 amide bonds. The van der Waals surface area contributed by atoms with Crippen LogP contribution in [0.15, 0.2) is 46.9 Å². The molecule has 1 saturated heterocycles. The van der Waals surface area contributed by atoms with Crippen LogP contribution in [0.5, 0.6) is 0 Å². The second-order valence-electron chi connectivity index (χ2n) is 7.13. The zero-order chi connectivity index (χ0) is 21.8. The summed E-state index contributed by atoms with van der Waals surface area (Å²) in [6, 6.07) is 12.6. The van der Waals surface area contributed by atoms with E-state index in [9.17, 15) is 14.4 Å². The van der Waals surface area contributed by atoms with Crippen molar-refractivity contribution in [1.29, 1.82) is 0 Å². The molecule has 7 nitrogen and oxygen atoms in total. The van der Waals surface area contributed by atoms with Crippen molar-refractivity contribution < 1.29 is 19.1 Å². The van der Waals surface area contributed by atoms with Crippen LogP contribution in [0.4, 0.5) is 21.9 Å². The number of benzene rings is 2. The van der Waals surface area contributed by atoms with Crippen LogP contribution in [0, 0.1) is 12.8 Å². The number of nitrogens with one attached hydrogen (secondary N) is 1. The van der Waals surface area contributed by atoms with Crippen LogP contribution in [0.1, 0.15) is 18.9 Å². The molecular formula is C22H24BrN3O4. The number of nitrogens with zero attached hydrogens (tertiary/aromatic N) is 2. The van der Waals surface area contributed by atoms with E-state index in [-0.39, 0.29) is 18.2 Å². The molecule has 1 unspecified atom stereocenters. The highest BCUT2D eigenvalue weighted by Crippen LogP contribution is 2.29. The fourth-order valence-corrected chi connectivity index (χ4v) is 3.51. The SMILES string of the molecule is CCOC(=O)N(C)c1ccc(NC(=O)C2CC(=O)N(c3ccc(Br)c(C)c3)C2)cc1. The van der Waals surface area contributed by atoms with Crippen molar-refractivity contribution in [1.82, 2.24) is 0 Å². The van der Waals surface area contributed by atoms with Gasteiger partial charge in [-0.3, -0.25) is 14.5 Å². The zero-order valence-electron chi connectivity index (χ0n) is 17.1. The fourth-order valence-electron chi connectivity index (χ4n) is 3.27. The van der Waals surface area contributed by atoms with Gasteiger partial charge in [0, 0.05) is 41.5 Å². The highest BCUT2D eigenvalue weighted by molar-refractivity contribution is 9.10. The van der Waals surface area contributed by atoms with Crippen molar-refractivity contribution in [3.05, 3.63) is 52.5 Å². The molecule has 0 radical (unpaired) electrons. The Hall–Kier alpha value is -2.87. The minimum Gasteiger partial charge on any atom is -0.449 e. The number of hydrogen-bond acceptors (Lipinski definition) is 4. The second-order valence-corrected chi connectivity index (χ2v) is 7.99. The van der Waals surface area contributed by atoms with Gasteiger partial charge in [-0.05, 0) is 61.9 Å². The number of ether oxygens (including phenoxy) is 1. The molecule has 1 N–H and O–H groups in total. The zero-order valence-corrected chi connectivity index (χ0v) is 18.7. The summed E-state index contributed by atoms with van der Waals surface area (Å²) in [5.74, 6) is -0.696. The maximum Gasteiger partial charge on any atom is 0.413 e. The van der Waals surface area contributed by atoms with Gasteiger partial charge in [0.05, 0.1) is 12.5 Å². The molecule has 3 rings (SSSR count). The Morgan fingerprint density at radius 1 is 1.23 bits per heavy atom. The van der Waals surface area contributed by atoms with Crippen LogP contribution in [0.2, 0.25) is 0 Å². The molecule has 0 aromatic heterocycles. The number of halogens is 1. The summed E-state index contributed by atoms with van der Waals surface area (Å²) >= 11 is 3.46. The van der Waals surface area contributed by atoms with Crippen LogP contribution in [-0.2, 0) is 14.3 Å². The summed E-state index contributed by atoms with van der Waals surface area (Å²) in [7, 11) is 1.62. The Morgan fingerprint density at radius 2 is 1.93 bits per heavy atom. The van der Waals surface area contributed by atoms with Gasteiger partial charge in [-0.15, -0.1) is 0 Å². The molecular weight excluding hydrogens is 450 g/mol. The molecule has 1 aliphatic rings. The van der Waals surface area contributed by atoms with E-state index in [0.717, 1.165) is 15.7 Å². The van der Waals surface area contributed by atoms with Crippen molar-refractivity contribution in [2.75, 3.05) is 35.3 Å². The molecule has 1 heterocycles. The molecule has 0 aliphatic carbocycles. The quantitative estimate of drug-likeness (QED) is 0.700. The maximum absolute atomic E-state index is 12.7. The first-order valence-corrected chi connectivity index (χ1v) is 10.5. The Bertz CT molecular complexity index is 961. The minimum atomic E-state index is -0.443. The Morgan fingerprint density at radius 3 is 2.57 bits per heavy atom. The molecule has 1 fully saturated rings. The molecule has 0 spiro atoms.